The summed E-state index contributed by atoms with van der Waals surface area (Å²) in [7, 11) is 0. The lowest BCUT2D eigenvalue weighted by Gasteiger charge is -2.27. The van der Waals surface area contributed by atoms with Crippen molar-refractivity contribution in [1.82, 2.24) is 0 Å². The zero-order chi connectivity index (χ0) is 32.8. The lowest BCUT2D eigenvalue weighted by Crippen LogP contribution is -2.10. The van der Waals surface area contributed by atoms with Crippen LogP contribution in [0.3, 0.4) is 0 Å². The first-order chi connectivity index (χ1) is 24.8. The molecule has 11 rings (SSSR count). The summed E-state index contributed by atoms with van der Waals surface area (Å²) < 4.78 is 15.5. The Hall–Kier alpha value is -6.36. The molecule has 3 aromatic heterocycles. The molecule has 234 valence electrons. The van der Waals surface area contributed by atoms with E-state index in [2.05, 4.69) is 163 Å². The minimum Gasteiger partial charge on any atom is -0.456 e. The van der Waals surface area contributed by atoms with Gasteiger partial charge in [-0.3, -0.25) is 0 Å². The average Bonchev–Trinajstić information content (AvgIpc) is 3.87. The summed E-state index contributed by atoms with van der Waals surface area (Å²) in [6, 6.07) is 58.2. The number of anilines is 3. The summed E-state index contributed by atoms with van der Waals surface area (Å²) >= 11 is 1.84. The van der Waals surface area contributed by atoms with Gasteiger partial charge in [0, 0.05) is 42.7 Å². The van der Waals surface area contributed by atoms with Crippen molar-refractivity contribution >= 4 is 103 Å². The van der Waals surface area contributed by atoms with Crippen LogP contribution >= 0.6 is 11.3 Å². The van der Waals surface area contributed by atoms with Gasteiger partial charge in [0.05, 0.1) is 21.5 Å². The molecule has 0 atom stereocenters. The fraction of sp³-hybridized carbons (Fsp3) is 0. The summed E-state index contributed by atoms with van der Waals surface area (Å²) in [5, 5.41) is 9.31. The molecular formula is C46H27NO2S. The molecule has 0 aliphatic heterocycles. The van der Waals surface area contributed by atoms with Crippen molar-refractivity contribution < 1.29 is 8.83 Å². The Bertz CT molecular complexity index is 3090. The predicted molar refractivity (Wildman–Crippen MR) is 212 cm³/mol. The molecule has 0 N–H and O–H groups in total. The van der Waals surface area contributed by atoms with Gasteiger partial charge in [-0.05, 0) is 71.1 Å². The molecule has 0 radical (unpaired) electrons. The SMILES string of the molecule is c1ccc(-c2ccc(N(c3cccc4c3sc3ccc5oc6c7ccccc7ccc6c5c34)c3cccc4oc5ccccc5c34)cc2)cc1. The zero-order valence-electron chi connectivity index (χ0n) is 26.8. The van der Waals surface area contributed by atoms with Crippen LogP contribution in [0.4, 0.5) is 17.1 Å². The normalized spacial score (nSPS) is 12.0. The first-order valence-corrected chi connectivity index (χ1v) is 17.7. The van der Waals surface area contributed by atoms with Crippen LogP contribution in [0.15, 0.2) is 173 Å². The second-order valence-corrected chi connectivity index (χ2v) is 13.9. The van der Waals surface area contributed by atoms with Gasteiger partial charge >= 0.3 is 0 Å². The zero-order valence-corrected chi connectivity index (χ0v) is 27.6. The number of thiophene rings is 1. The Balaban J connectivity index is 1.20. The van der Waals surface area contributed by atoms with E-state index in [9.17, 15) is 0 Å². The van der Waals surface area contributed by atoms with Gasteiger partial charge in [-0.2, -0.15) is 0 Å². The maximum atomic E-state index is 6.62. The van der Waals surface area contributed by atoms with E-state index >= 15 is 0 Å². The molecule has 0 bridgehead atoms. The van der Waals surface area contributed by atoms with Crippen LogP contribution in [0, 0.1) is 0 Å². The van der Waals surface area contributed by atoms with Gasteiger partial charge in [0.15, 0.2) is 0 Å². The average molecular weight is 658 g/mol. The third kappa shape index (κ3) is 3.97. The maximum Gasteiger partial charge on any atom is 0.143 e. The van der Waals surface area contributed by atoms with E-state index < -0.39 is 0 Å². The summed E-state index contributed by atoms with van der Waals surface area (Å²) in [6.45, 7) is 0. The molecule has 0 spiro atoms. The highest BCUT2D eigenvalue weighted by molar-refractivity contribution is 7.26. The number of rotatable bonds is 4. The van der Waals surface area contributed by atoms with E-state index in [1.165, 1.54) is 42.1 Å². The molecule has 3 heterocycles. The van der Waals surface area contributed by atoms with E-state index in [1.807, 2.05) is 17.4 Å². The molecular weight excluding hydrogens is 631 g/mol. The van der Waals surface area contributed by atoms with E-state index in [4.69, 9.17) is 8.83 Å². The van der Waals surface area contributed by atoms with Gasteiger partial charge in [-0.1, -0.05) is 109 Å². The second kappa shape index (κ2) is 10.6. The van der Waals surface area contributed by atoms with Crippen molar-refractivity contribution in [3.05, 3.63) is 164 Å². The Morgan fingerprint density at radius 2 is 1.10 bits per heavy atom. The van der Waals surface area contributed by atoms with Crippen LogP contribution in [-0.2, 0) is 0 Å². The minimum atomic E-state index is 0.872. The summed E-state index contributed by atoms with van der Waals surface area (Å²) in [5.41, 5.74) is 9.28. The lowest BCUT2D eigenvalue weighted by molar-refractivity contribution is 0.669. The molecule has 50 heavy (non-hydrogen) atoms. The first-order valence-electron chi connectivity index (χ1n) is 16.8. The Morgan fingerprint density at radius 3 is 2.00 bits per heavy atom. The van der Waals surface area contributed by atoms with Crippen LogP contribution in [0.2, 0.25) is 0 Å². The summed E-state index contributed by atoms with van der Waals surface area (Å²) in [4.78, 5) is 2.41. The Morgan fingerprint density at radius 1 is 0.400 bits per heavy atom. The number of furan rings is 2. The molecule has 8 aromatic carbocycles. The van der Waals surface area contributed by atoms with E-state index in [1.54, 1.807) is 0 Å². The highest BCUT2D eigenvalue weighted by atomic mass is 32.1. The number of hydrogen-bond donors (Lipinski definition) is 0. The summed E-state index contributed by atoms with van der Waals surface area (Å²) in [5.74, 6) is 0. The first kappa shape index (κ1) is 27.6. The monoisotopic (exact) mass is 657 g/mol. The third-order valence-corrected chi connectivity index (χ3v) is 11.3. The topological polar surface area (TPSA) is 29.5 Å². The molecule has 0 aliphatic carbocycles. The van der Waals surface area contributed by atoms with Crippen molar-refractivity contribution in [2.45, 2.75) is 0 Å². The molecule has 0 saturated carbocycles. The Kier molecular flexibility index (Phi) is 5.83. The predicted octanol–water partition coefficient (Wildman–Crippen LogP) is 14.1. The molecule has 0 amide bonds. The van der Waals surface area contributed by atoms with Gasteiger partial charge in [0.25, 0.3) is 0 Å². The largest absolute Gasteiger partial charge is 0.456 e. The van der Waals surface area contributed by atoms with Crippen LogP contribution < -0.4 is 4.90 Å². The van der Waals surface area contributed by atoms with Crippen molar-refractivity contribution in [3.63, 3.8) is 0 Å². The quantitative estimate of drug-likeness (QED) is 0.189. The fourth-order valence-electron chi connectivity index (χ4n) is 7.83. The Labute approximate surface area is 290 Å². The highest BCUT2D eigenvalue weighted by Gasteiger charge is 2.24. The van der Waals surface area contributed by atoms with Crippen LogP contribution in [0.5, 0.6) is 0 Å². The van der Waals surface area contributed by atoms with Crippen molar-refractivity contribution in [2.24, 2.45) is 0 Å². The summed E-state index contributed by atoms with van der Waals surface area (Å²) in [6.07, 6.45) is 0. The maximum absolute atomic E-state index is 6.62. The van der Waals surface area contributed by atoms with Crippen LogP contribution in [0.25, 0.3) is 85.9 Å². The van der Waals surface area contributed by atoms with Gasteiger partial charge in [-0.25, -0.2) is 0 Å². The standard InChI is InChI=1S/C46H27NO2S/c1-2-10-28(11-3-1)29-20-23-31(24-21-29)47(36-16-9-19-39-42(36)33-14-6-7-18-38(33)48-39)37-17-8-15-35-44-41(50-46(35)37)27-26-40-43(44)34-25-22-30-12-4-5-13-32(30)45(34)49-40/h1-27H. The van der Waals surface area contributed by atoms with E-state index in [0.29, 0.717) is 0 Å². The molecule has 4 heteroatoms. The number of hydrogen-bond acceptors (Lipinski definition) is 4. The van der Waals surface area contributed by atoms with Gasteiger partial charge in [0.2, 0.25) is 0 Å². The van der Waals surface area contributed by atoms with E-state index in [-0.39, 0.29) is 0 Å². The number of nitrogens with zero attached hydrogens (tertiary/aromatic N) is 1. The van der Waals surface area contributed by atoms with Crippen LogP contribution in [-0.4, -0.2) is 0 Å². The van der Waals surface area contributed by atoms with Crippen LogP contribution in [0.1, 0.15) is 0 Å². The van der Waals surface area contributed by atoms with Crippen molar-refractivity contribution in [2.75, 3.05) is 4.90 Å². The van der Waals surface area contributed by atoms with Gasteiger partial charge in [0.1, 0.15) is 22.3 Å². The molecule has 3 nitrogen and oxygen atoms in total. The second-order valence-electron chi connectivity index (χ2n) is 12.8. The van der Waals surface area contributed by atoms with E-state index in [0.717, 1.165) is 60.9 Å². The number of fused-ring (bicyclic) bond motifs is 12. The number of para-hydroxylation sites is 1. The van der Waals surface area contributed by atoms with Gasteiger partial charge < -0.3 is 13.7 Å². The lowest BCUT2D eigenvalue weighted by atomic mass is 10.0. The highest BCUT2D eigenvalue weighted by Crippen LogP contribution is 2.50. The third-order valence-electron chi connectivity index (χ3n) is 10.1. The minimum absolute atomic E-state index is 0.872. The van der Waals surface area contributed by atoms with Crippen molar-refractivity contribution in [3.8, 4) is 11.1 Å². The number of benzene rings is 8. The van der Waals surface area contributed by atoms with Crippen molar-refractivity contribution in [1.29, 1.82) is 0 Å². The molecule has 11 aromatic rings. The fourth-order valence-corrected chi connectivity index (χ4v) is 9.04. The molecule has 0 unspecified atom stereocenters. The smallest absolute Gasteiger partial charge is 0.143 e. The molecule has 0 fully saturated rings. The molecule has 0 aliphatic rings. The van der Waals surface area contributed by atoms with Gasteiger partial charge in [-0.15, -0.1) is 11.3 Å². The molecule has 0 saturated heterocycles.